The molecule has 7 heteroatoms. The quantitative estimate of drug-likeness (QED) is 0.790. The zero-order valence-corrected chi connectivity index (χ0v) is 14.9. The Morgan fingerprint density at radius 1 is 1.33 bits per heavy atom. The molecule has 24 heavy (non-hydrogen) atoms. The molecule has 1 N–H and O–H groups in total. The van der Waals surface area contributed by atoms with E-state index in [-0.39, 0.29) is 17.9 Å². The Morgan fingerprint density at radius 3 is 2.71 bits per heavy atom. The Morgan fingerprint density at radius 2 is 2.04 bits per heavy atom. The zero-order valence-electron chi connectivity index (χ0n) is 14.9. The second kappa shape index (κ2) is 8.10. The van der Waals surface area contributed by atoms with Gasteiger partial charge in [-0.2, -0.15) is 0 Å². The molecule has 2 aromatic rings. The molecule has 0 aliphatic carbocycles. The maximum absolute atomic E-state index is 12.5. The maximum atomic E-state index is 12.5. The van der Waals surface area contributed by atoms with E-state index in [0.29, 0.717) is 29.9 Å². The molecule has 2 rings (SSSR count). The summed E-state index contributed by atoms with van der Waals surface area (Å²) >= 11 is 0. The van der Waals surface area contributed by atoms with Crippen molar-refractivity contribution in [3.8, 4) is 0 Å². The van der Waals surface area contributed by atoms with E-state index in [4.69, 9.17) is 4.42 Å². The monoisotopic (exact) mass is 334 g/mol. The van der Waals surface area contributed by atoms with Gasteiger partial charge in [-0.05, 0) is 26.9 Å². The number of nitrogens with one attached hydrogen (secondary N) is 1. The summed E-state index contributed by atoms with van der Waals surface area (Å²) in [6.07, 6.45) is 1.69. The van der Waals surface area contributed by atoms with Gasteiger partial charge in [0.15, 0.2) is 0 Å². The lowest BCUT2D eigenvalue weighted by Gasteiger charge is -2.17. The summed E-state index contributed by atoms with van der Waals surface area (Å²) in [4.78, 5) is 30.8. The minimum atomic E-state index is -0.162. The average Bonchev–Trinajstić information content (AvgIpc) is 2.86. The van der Waals surface area contributed by atoms with Crippen molar-refractivity contribution >= 4 is 17.0 Å². The second-order valence-corrected chi connectivity index (χ2v) is 5.83. The van der Waals surface area contributed by atoms with Gasteiger partial charge in [0.25, 0.3) is 5.56 Å². The van der Waals surface area contributed by atoms with Gasteiger partial charge in [0.2, 0.25) is 11.6 Å². The largest absolute Gasteiger partial charge is 0.443 e. The van der Waals surface area contributed by atoms with Crippen molar-refractivity contribution in [2.24, 2.45) is 0 Å². The fourth-order valence-electron chi connectivity index (χ4n) is 2.63. The predicted molar refractivity (Wildman–Crippen MR) is 93.2 cm³/mol. The number of hydrogen-bond acceptors (Lipinski definition) is 5. The number of carbonyl (C=O) groups excluding carboxylic acids is 1. The highest BCUT2D eigenvalue weighted by Crippen LogP contribution is 2.18. The summed E-state index contributed by atoms with van der Waals surface area (Å²) < 4.78 is 6.91. The Labute approximate surface area is 141 Å². The summed E-state index contributed by atoms with van der Waals surface area (Å²) in [5.74, 6) is 0.635. The number of rotatable bonds is 8. The minimum Gasteiger partial charge on any atom is -0.443 e. The maximum Gasteiger partial charge on any atom is 0.264 e. The highest BCUT2D eigenvalue weighted by Gasteiger charge is 2.14. The SMILES string of the molecule is CCN(CC)CCNC(=O)CCn1cnc2oc(C)c(C)c2c1=O. The Kier molecular flexibility index (Phi) is 6.14. The van der Waals surface area contributed by atoms with Crippen LogP contribution in [0.4, 0.5) is 0 Å². The molecule has 0 spiro atoms. The number of hydrogen-bond donors (Lipinski definition) is 1. The Hall–Kier alpha value is -2.15. The first-order valence-electron chi connectivity index (χ1n) is 8.42. The molecule has 2 aromatic heterocycles. The third-order valence-electron chi connectivity index (χ3n) is 4.38. The molecule has 0 aromatic carbocycles. The van der Waals surface area contributed by atoms with Gasteiger partial charge in [-0.3, -0.25) is 14.2 Å². The highest BCUT2D eigenvalue weighted by atomic mass is 16.3. The first kappa shape index (κ1) is 18.2. The molecule has 0 saturated heterocycles. The van der Waals surface area contributed by atoms with Crippen LogP contribution in [-0.4, -0.2) is 46.5 Å². The number of amides is 1. The predicted octanol–water partition coefficient (Wildman–Crippen LogP) is 1.45. The van der Waals surface area contributed by atoms with Crippen LogP contribution in [0, 0.1) is 13.8 Å². The van der Waals surface area contributed by atoms with E-state index in [1.165, 1.54) is 10.9 Å². The summed E-state index contributed by atoms with van der Waals surface area (Å²) in [6, 6.07) is 0. The van der Waals surface area contributed by atoms with Crippen LogP contribution in [-0.2, 0) is 11.3 Å². The molecule has 0 aliphatic heterocycles. The molecule has 1 amide bonds. The first-order chi connectivity index (χ1) is 11.5. The van der Waals surface area contributed by atoms with Gasteiger partial charge in [-0.25, -0.2) is 4.98 Å². The summed E-state index contributed by atoms with van der Waals surface area (Å²) in [5.41, 5.74) is 1.00. The number of nitrogens with zero attached hydrogens (tertiary/aromatic N) is 3. The van der Waals surface area contributed by atoms with E-state index < -0.39 is 0 Å². The van der Waals surface area contributed by atoms with Crippen molar-refractivity contribution in [2.45, 2.75) is 40.7 Å². The van der Waals surface area contributed by atoms with E-state index in [9.17, 15) is 9.59 Å². The number of likely N-dealkylation sites (N-methyl/N-ethyl adjacent to an activating group) is 1. The molecule has 7 nitrogen and oxygen atoms in total. The van der Waals surface area contributed by atoms with Gasteiger partial charge in [0, 0.05) is 31.6 Å². The fourth-order valence-corrected chi connectivity index (χ4v) is 2.63. The van der Waals surface area contributed by atoms with Crippen LogP contribution in [0.3, 0.4) is 0 Å². The molecule has 0 atom stereocenters. The van der Waals surface area contributed by atoms with Gasteiger partial charge in [0.1, 0.15) is 17.5 Å². The molecular weight excluding hydrogens is 308 g/mol. The molecule has 0 bridgehead atoms. The Bertz CT molecular complexity index is 759. The van der Waals surface area contributed by atoms with E-state index in [2.05, 4.69) is 29.0 Å². The number of carbonyl (C=O) groups is 1. The smallest absolute Gasteiger partial charge is 0.264 e. The van der Waals surface area contributed by atoms with Crippen molar-refractivity contribution in [1.29, 1.82) is 0 Å². The zero-order chi connectivity index (χ0) is 17.7. The third-order valence-corrected chi connectivity index (χ3v) is 4.38. The van der Waals surface area contributed by atoms with E-state index in [1.54, 1.807) is 0 Å². The third kappa shape index (κ3) is 4.03. The highest BCUT2D eigenvalue weighted by molar-refractivity contribution is 5.77. The molecule has 132 valence electrons. The summed E-state index contributed by atoms with van der Waals surface area (Å²) in [5, 5.41) is 3.39. The average molecular weight is 334 g/mol. The first-order valence-corrected chi connectivity index (χ1v) is 8.42. The van der Waals surface area contributed by atoms with Crippen LogP contribution in [0.5, 0.6) is 0 Å². The molecule has 0 radical (unpaired) electrons. The normalized spacial score (nSPS) is 11.4. The van der Waals surface area contributed by atoms with Crippen molar-refractivity contribution in [2.75, 3.05) is 26.2 Å². The minimum absolute atomic E-state index is 0.0609. The fraction of sp³-hybridized carbons (Fsp3) is 0.588. The number of furan rings is 1. The van der Waals surface area contributed by atoms with Crippen LogP contribution in [0.15, 0.2) is 15.5 Å². The van der Waals surface area contributed by atoms with Crippen LogP contribution in [0.25, 0.3) is 11.1 Å². The van der Waals surface area contributed by atoms with Crippen molar-refractivity contribution in [3.05, 3.63) is 28.0 Å². The van der Waals surface area contributed by atoms with Gasteiger partial charge >= 0.3 is 0 Å². The topological polar surface area (TPSA) is 80.4 Å². The van der Waals surface area contributed by atoms with Crippen LogP contribution in [0.1, 0.15) is 31.6 Å². The van der Waals surface area contributed by atoms with Gasteiger partial charge < -0.3 is 14.6 Å². The van der Waals surface area contributed by atoms with Crippen molar-refractivity contribution < 1.29 is 9.21 Å². The van der Waals surface area contributed by atoms with E-state index in [1.807, 2.05) is 13.8 Å². The van der Waals surface area contributed by atoms with Crippen molar-refractivity contribution in [3.63, 3.8) is 0 Å². The van der Waals surface area contributed by atoms with Crippen LogP contribution in [0.2, 0.25) is 0 Å². The van der Waals surface area contributed by atoms with Crippen LogP contribution < -0.4 is 10.9 Å². The lowest BCUT2D eigenvalue weighted by molar-refractivity contribution is -0.121. The standard InChI is InChI=1S/C17H26N4O3/c1-5-20(6-2)10-8-18-14(22)7-9-21-11-19-16-15(17(21)23)12(3)13(4)24-16/h11H,5-10H2,1-4H3,(H,18,22). The van der Waals surface area contributed by atoms with Crippen molar-refractivity contribution in [1.82, 2.24) is 19.8 Å². The summed E-state index contributed by atoms with van der Waals surface area (Å²) in [7, 11) is 0. The van der Waals surface area contributed by atoms with Gasteiger partial charge in [-0.1, -0.05) is 13.8 Å². The number of aromatic nitrogens is 2. The Balaban J connectivity index is 1.93. The van der Waals surface area contributed by atoms with E-state index in [0.717, 1.165) is 25.2 Å². The molecule has 0 fully saturated rings. The van der Waals surface area contributed by atoms with Gasteiger partial charge in [-0.15, -0.1) is 0 Å². The number of aryl methyl sites for hydroxylation is 3. The molecule has 0 saturated carbocycles. The molecule has 2 heterocycles. The van der Waals surface area contributed by atoms with Gasteiger partial charge in [0.05, 0.1) is 0 Å². The van der Waals surface area contributed by atoms with Crippen LogP contribution >= 0.6 is 0 Å². The molecule has 0 aliphatic rings. The molecular formula is C17H26N4O3. The van der Waals surface area contributed by atoms with E-state index >= 15 is 0 Å². The lowest BCUT2D eigenvalue weighted by Crippen LogP contribution is -2.35. The second-order valence-electron chi connectivity index (χ2n) is 5.83. The lowest BCUT2D eigenvalue weighted by atomic mass is 10.2. The molecule has 0 unspecified atom stereocenters. The number of fused-ring (bicyclic) bond motifs is 1. The summed E-state index contributed by atoms with van der Waals surface area (Å²) in [6.45, 7) is 11.5.